The zero-order chi connectivity index (χ0) is 18.6. The number of benzene rings is 1. The maximum atomic E-state index is 12.5. The van der Waals surface area contributed by atoms with Gasteiger partial charge in [0.1, 0.15) is 17.2 Å². The summed E-state index contributed by atoms with van der Waals surface area (Å²) in [5.74, 6) is 0.204. The van der Waals surface area contributed by atoms with Gasteiger partial charge in [-0.05, 0) is 37.5 Å². The lowest BCUT2D eigenvalue weighted by atomic mass is 9.92. The quantitative estimate of drug-likeness (QED) is 0.796. The number of carbonyl (C=O) groups is 1. The molecule has 0 unspecified atom stereocenters. The maximum absolute atomic E-state index is 12.5. The fourth-order valence-electron chi connectivity index (χ4n) is 3.35. The molecule has 1 aromatic carbocycles. The van der Waals surface area contributed by atoms with Crippen molar-refractivity contribution in [3.63, 3.8) is 0 Å². The van der Waals surface area contributed by atoms with Crippen molar-refractivity contribution in [3.8, 4) is 0 Å². The summed E-state index contributed by atoms with van der Waals surface area (Å²) in [5, 5.41) is 0.251. The largest absolute Gasteiger partial charge is 0.385 e. The molecule has 0 atom stereocenters. The minimum absolute atomic E-state index is 0.0600. The lowest BCUT2D eigenvalue weighted by molar-refractivity contribution is -0.114. The molecule has 1 aliphatic heterocycles. The molecular formula is C17H18N4O4S. The van der Waals surface area contributed by atoms with Crippen LogP contribution in [-0.2, 0) is 14.6 Å². The number of H-pyrrole nitrogens is 1. The summed E-state index contributed by atoms with van der Waals surface area (Å²) in [6, 6.07) is 4.36. The molecule has 0 bridgehead atoms. The van der Waals surface area contributed by atoms with Crippen LogP contribution < -0.4 is 11.3 Å². The number of hydrogen-bond acceptors (Lipinski definition) is 7. The number of Topliss-reactive ketones (excluding diaryl/α,β-unsaturated/α-hetero) is 1. The Morgan fingerprint density at radius 3 is 2.62 bits per heavy atom. The molecule has 1 aromatic heterocycles. The van der Waals surface area contributed by atoms with Crippen molar-refractivity contribution in [1.29, 1.82) is 0 Å². The zero-order valence-corrected chi connectivity index (χ0v) is 15.0. The van der Waals surface area contributed by atoms with Crippen LogP contribution in [0.1, 0.15) is 25.1 Å². The summed E-state index contributed by atoms with van der Waals surface area (Å²) in [6.45, 7) is 0.178. The number of carbonyl (C=O) groups excluding carboxylic acids is 1. The van der Waals surface area contributed by atoms with Gasteiger partial charge in [0.05, 0.1) is 22.3 Å². The standard InChI is InChI=1S/C17H18N4O4S/c1-26(24,25)10-5-6-11-12(7-10)19-16(20-17(11)23)14-13(22)8-21(15(14)18)9-3-2-4-9/h5-7,9H,2-4,8,18H2,1H3,(H,19,20,23). The van der Waals surface area contributed by atoms with Crippen LogP contribution in [0, 0.1) is 0 Å². The van der Waals surface area contributed by atoms with Gasteiger partial charge in [0.2, 0.25) is 0 Å². The predicted molar refractivity (Wildman–Crippen MR) is 95.9 cm³/mol. The molecule has 8 nitrogen and oxygen atoms in total. The molecule has 3 N–H and O–H groups in total. The Bertz CT molecular complexity index is 1130. The molecule has 4 rings (SSSR count). The Morgan fingerprint density at radius 2 is 2.00 bits per heavy atom. The minimum Gasteiger partial charge on any atom is -0.385 e. The SMILES string of the molecule is CS(=O)(=O)c1ccc2c(=O)[nH]c(C3=C(N)N(C4CCC4)CC3=O)nc2c1. The van der Waals surface area contributed by atoms with Crippen molar-refractivity contribution in [2.45, 2.75) is 30.2 Å². The van der Waals surface area contributed by atoms with Gasteiger partial charge in [-0.2, -0.15) is 0 Å². The highest BCUT2D eigenvalue weighted by molar-refractivity contribution is 7.90. The van der Waals surface area contributed by atoms with Gasteiger partial charge in [-0.3, -0.25) is 9.59 Å². The number of hydrogen-bond donors (Lipinski definition) is 2. The third-order valence-corrected chi connectivity index (χ3v) is 6.13. The van der Waals surface area contributed by atoms with E-state index in [1.165, 1.54) is 18.2 Å². The summed E-state index contributed by atoms with van der Waals surface area (Å²) < 4.78 is 23.5. The van der Waals surface area contributed by atoms with Crippen LogP contribution in [0.3, 0.4) is 0 Å². The van der Waals surface area contributed by atoms with Crippen molar-refractivity contribution in [1.82, 2.24) is 14.9 Å². The lowest BCUT2D eigenvalue weighted by Gasteiger charge is -2.36. The second-order valence-corrected chi connectivity index (χ2v) is 8.78. The van der Waals surface area contributed by atoms with Gasteiger partial charge in [-0.1, -0.05) is 0 Å². The molecule has 0 radical (unpaired) electrons. The topological polar surface area (TPSA) is 126 Å². The van der Waals surface area contributed by atoms with Crippen molar-refractivity contribution in [3.05, 3.63) is 40.2 Å². The van der Waals surface area contributed by atoms with E-state index in [9.17, 15) is 18.0 Å². The smallest absolute Gasteiger partial charge is 0.259 e. The van der Waals surface area contributed by atoms with E-state index in [4.69, 9.17) is 5.73 Å². The molecule has 1 saturated carbocycles. The van der Waals surface area contributed by atoms with Gasteiger partial charge >= 0.3 is 0 Å². The van der Waals surface area contributed by atoms with Gasteiger partial charge in [-0.15, -0.1) is 0 Å². The Hall–Kier alpha value is -2.68. The number of ketones is 1. The first-order valence-electron chi connectivity index (χ1n) is 8.30. The van der Waals surface area contributed by atoms with Crippen molar-refractivity contribution in [2.75, 3.05) is 12.8 Å². The maximum Gasteiger partial charge on any atom is 0.259 e. The van der Waals surface area contributed by atoms with Gasteiger partial charge in [0.25, 0.3) is 5.56 Å². The van der Waals surface area contributed by atoms with E-state index in [0.717, 1.165) is 25.5 Å². The fourth-order valence-corrected chi connectivity index (χ4v) is 3.99. The van der Waals surface area contributed by atoms with E-state index in [-0.39, 0.29) is 45.6 Å². The van der Waals surface area contributed by atoms with Crippen LogP contribution >= 0.6 is 0 Å². The average molecular weight is 374 g/mol. The highest BCUT2D eigenvalue weighted by Crippen LogP contribution is 2.33. The molecule has 26 heavy (non-hydrogen) atoms. The third-order valence-electron chi connectivity index (χ3n) is 5.02. The van der Waals surface area contributed by atoms with Crippen LogP contribution in [0.25, 0.3) is 16.5 Å². The molecule has 0 amide bonds. The zero-order valence-electron chi connectivity index (χ0n) is 14.2. The molecular weight excluding hydrogens is 356 g/mol. The number of nitrogens with zero attached hydrogens (tertiary/aromatic N) is 2. The molecule has 2 aromatic rings. The number of sulfone groups is 1. The summed E-state index contributed by atoms with van der Waals surface area (Å²) >= 11 is 0. The molecule has 9 heteroatoms. The van der Waals surface area contributed by atoms with Crippen LogP contribution in [0.4, 0.5) is 0 Å². The van der Waals surface area contributed by atoms with Crippen molar-refractivity contribution >= 4 is 32.1 Å². The highest BCUT2D eigenvalue weighted by Gasteiger charge is 2.36. The normalized spacial score (nSPS) is 18.7. The van der Waals surface area contributed by atoms with Crippen LogP contribution in [0.15, 0.2) is 33.7 Å². The Kier molecular flexibility index (Phi) is 3.65. The van der Waals surface area contributed by atoms with Crippen LogP contribution in [0.5, 0.6) is 0 Å². The van der Waals surface area contributed by atoms with E-state index in [1.54, 1.807) is 0 Å². The predicted octanol–water partition coefficient (Wildman–Crippen LogP) is 0.391. The molecule has 2 heterocycles. The summed E-state index contributed by atoms with van der Waals surface area (Å²) in [4.78, 5) is 33.7. The number of fused-ring (bicyclic) bond motifs is 1. The summed E-state index contributed by atoms with van der Waals surface area (Å²) in [7, 11) is -3.44. The van der Waals surface area contributed by atoms with E-state index >= 15 is 0 Å². The number of aromatic nitrogens is 2. The number of rotatable bonds is 3. The monoisotopic (exact) mass is 374 g/mol. The Balaban J connectivity index is 1.87. The Labute approximate surface area is 149 Å². The first-order chi connectivity index (χ1) is 12.3. The Morgan fingerprint density at radius 1 is 1.27 bits per heavy atom. The van der Waals surface area contributed by atoms with E-state index in [0.29, 0.717) is 5.82 Å². The van der Waals surface area contributed by atoms with E-state index < -0.39 is 15.4 Å². The molecule has 2 aliphatic rings. The molecule has 0 saturated heterocycles. The van der Waals surface area contributed by atoms with E-state index in [2.05, 4.69) is 9.97 Å². The molecule has 0 spiro atoms. The van der Waals surface area contributed by atoms with Crippen molar-refractivity contribution < 1.29 is 13.2 Å². The number of nitrogens with one attached hydrogen (secondary N) is 1. The molecule has 1 aliphatic carbocycles. The van der Waals surface area contributed by atoms with Crippen LogP contribution in [0.2, 0.25) is 0 Å². The average Bonchev–Trinajstić information content (AvgIpc) is 2.79. The number of nitrogens with two attached hydrogens (primary N) is 1. The first-order valence-corrected chi connectivity index (χ1v) is 10.2. The minimum atomic E-state index is -3.44. The second kappa shape index (κ2) is 5.66. The summed E-state index contributed by atoms with van der Waals surface area (Å²) in [5.41, 5.74) is 6.14. The summed E-state index contributed by atoms with van der Waals surface area (Å²) in [6.07, 6.45) is 4.17. The highest BCUT2D eigenvalue weighted by atomic mass is 32.2. The molecule has 136 valence electrons. The van der Waals surface area contributed by atoms with E-state index in [1.807, 2.05) is 4.90 Å². The van der Waals surface area contributed by atoms with Crippen molar-refractivity contribution in [2.24, 2.45) is 5.73 Å². The van der Waals surface area contributed by atoms with Crippen LogP contribution in [-0.4, -0.2) is 47.9 Å². The third kappa shape index (κ3) is 2.59. The second-order valence-electron chi connectivity index (χ2n) is 6.76. The van der Waals surface area contributed by atoms with Gasteiger partial charge < -0.3 is 15.6 Å². The van der Waals surface area contributed by atoms with Gasteiger partial charge in [-0.25, -0.2) is 13.4 Å². The lowest BCUT2D eigenvalue weighted by Crippen LogP contribution is -2.40. The fraction of sp³-hybridized carbons (Fsp3) is 0.353. The molecule has 1 fully saturated rings. The number of aromatic amines is 1. The van der Waals surface area contributed by atoms with Gasteiger partial charge in [0.15, 0.2) is 15.6 Å². The first kappa shape index (κ1) is 16.8. The van der Waals surface area contributed by atoms with Gasteiger partial charge in [0, 0.05) is 12.3 Å².